The van der Waals surface area contributed by atoms with Crippen LogP contribution in [0.4, 0.5) is 11.4 Å². The molecule has 6 heteroatoms. The summed E-state index contributed by atoms with van der Waals surface area (Å²) in [6.45, 7) is 2.89. The molecule has 112 valence electrons. The number of carbonyl (C=O) groups is 1. The zero-order valence-electron chi connectivity index (χ0n) is 12.4. The van der Waals surface area contributed by atoms with E-state index in [2.05, 4.69) is 5.32 Å². The van der Waals surface area contributed by atoms with Crippen LogP contribution in [0, 0.1) is 6.92 Å². The van der Waals surface area contributed by atoms with Gasteiger partial charge in [0.15, 0.2) is 0 Å². The smallest absolute Gasteiger partial charge is 0.340 e. The number of hydrogen-bond acceptors (Lipinski definition) is 6. The number of methoxy groups -OCH3 is 3. The molecule has 1 rings (SSSR count). The largest absolute Gasteiger partial charge is 0.465 e. The number of aryl methyl sites for hydroxylation is 1. The summed E-state index contributed by atoms with van der Waals surface area (Å²) in [5, 5.41) is 3.20. The monoisotopic (exact) mass is 282 g/mol. The zero-order chi connectivity index (χ0) is 15.1. The molecule has 0 saturated heterocycles. The number of carbonyl (C=O) groups excluding carboxylic acids is 1. The molecule has 0 bridgehead atoms. The van der Waals surface area contributed by atoms with Crippen LogP contribution >= 0.6 is 0 Å². The number of nitrogen functional groups attached to an aromatic ring is 1. The number of ether oxygens (including phenoxy) is 3. The molecule has 3 N–H and O–H groups in total. The minimum Gasteiger partial charge on any atom is -0.465 e. The minimum atomic E-state index is -0.450. The Balaban J connectivity index is 2.86. The lowest BCUT2D eigenvalue weighted by molar-refractivity contribution is 0.0365. The molecule has 1 aromatic carbocycles. The highest BCUT2D eigenvalue weighted by Gasteiger charge is 2.14. The summed E-state index contributed by atoms with van der Waals surface area (Å²) < 4.78 is 15.0. The molecule has 1 atom stereocenters. The molecule has 1 aromatic rings. The van der Waals surface area contributed by atoms with Crippen molar-refractivity contribution < 1.29 is 19.0 Å². The van der Waals surface area contributed by atoms with E-state index in [1.165, 1.54) is 7.11 Å². The van der Waals surface area contributed by atoms with Crippen molar-refractivity contribution >= 4 is 17.3 Å². The number of nitrogens with one attached hydrogen (secondary N) is 1. The predicted molar refractivity (Wildman–Crippen MR) is 78.1 cm³/mol. The number of anilines is 2. The van der Waals surface area contributed by atoms with Crippen LogP contribution < -0.4 is 11.1 Å². The van der Waals surface area contributed by atoms with Gasteiger partial charge in [0.05, 0.1) is 25.4 Å². The second-order valence-corrected chi connectivity index (χ2v) is 4.44. The lowest BCUT2D eigenvalue weighted by Gasteiger charge is -2.17. The van der Waals surface area contributed by atoms with Gasteiger partial charge in [-0.25, -0.2) is 4.79 Å². The molecule has 0 aliphatic rings. The molecule has 1 unspecified atom stereocenters. The number of esters is 1. The van der Waals surface area contributed by atoms with E-state index in [0.717, 1.165) is 11.3 Å². The minimum absolute atomic E-state index is 0.0700. The summed E-state index contributed by atoms with van der Waals surface area (Å²) in [7, 11) is 4.57. The number of rotatable bonds is 7. The standard InChI is InChI=1S/C14H22N2O4/c1-9-5-10(16-7-11(19-3)8-18-2)6-12(13(9)15)14(17)20-4/h5-6,11,16H,7-8,15H2,1-4H3. The fourth-order valence-corrected chi connectivity index (χ4v) is 1.81. The Hall–Kier alpha value is -1.79. The van der Waals surface area contributed by atoms with Gasteiger partial charge in [0.25, 0.3) is 0 Å². The van der Waals surface area contributed by atoms with Crippen LogP contribution in [0.5, 0.6) is 0 Å². The summed E-state index contributed by atoms with van der Waals surface area (Å²) in [5.41, 5.74) is 8.28. The molecule has 0 saturated carbocycles. The molecular weight excluding hydrogens is 260 g/mol. The highest BCUT2D eigenvalue weighted by Crippen LogP contribution is 2.23. The maximum absolute atomic E-state index is 11.7. The van der Waals surface area contributed by atoms with Crippen LogP contribution in [0.15, 0.2) is 12.1 Å². The van der Waals surface area contributed by atoms with Gasteiger partial charge in [-0.3, -0.25) is 0 Å². The molecule has 0 amide bonds. The highest BCUT2D eigenvalue weighted by molar-refractivity contribution is 5.97. The van der Waals surface area contributed by atoms with Crippen LogP contribution in [0.3, 0.4) is 0 Å². The van der Waals surface area contributed by atoms with Gasteiger partial charge in [0.2, 0.25) is 0 Å². The Morgan fingerprint density at radius 3 is 2.60 bits per heavy atom. The van der Waals surface area contributed by atoms with Gasteiger partial charge < -0.3 is 25.3 Å². The maximum atomic E-state index is 11.7. The molecule has 0 spiro atoms. The first-order chi connectivity index (χ1) is 9.53. The third kappa shape index (κ3) is 4.11. The van der Waals surface area contributed by atoms with Crippen molar-refractivity contribution in [2.45, 2.75) is 13.0 Å². The average Bonchev–Trinajstić information content (AvgIpc) is 2.45. The summed E-state index contributed by atoms with van der Waals surface area (Å²) >= 11 is 0. The number of hydrogen-bond donors (Lipinski definition) is 2. The van der Waals surface area contributed by atoms with E-state index in [9.17, 15) is 4.79 Å². The molecule has 0 aromatic heterocycles. The van der Waals surface area contributed by atoms with Gasteiger partial charge in [0.1, 0.15) is 0 Å². The van der Waals surface area contributed by atoms with Gasteiger partial charge in [-0.1, -0.05) is 0 Å². The molecule has 6 nitrogen and oxygen atoms in total. The topological polar surface area (TPSA) is 82.8 Å². The highest BCUT2D eigenvalue weighted by atomic mass is 16.5. The van der Waals surface area contributed by atoms with Crippen molar-refractivity contribution in [2.75, 3.05) is 45.5 Å². The third-order valence-corrected chi connectivity index (χ3v) is 3.01. The van der Waals surface area contributed by atoms with Crippen molar-refractivity contribution in [3.05, 3.63) is 23.3 Å². The second-order valence-electron chi connectivity index (χ2n) is 4.44. The van der Waals surface area contributed by atoms with Gasteiger partial charge in [0, 0.05) is 32.1 Å². The zero-order valence-corrected chi connectivity index (χ0v) is 12.4. The summed E-state index contributed by atoms with van der Waals surface area (Å²) in [4.78, 5) is 11.7. The molecular formula is C14H22N2O4. The van der Waals surface area contributed by atoms with E-state index >= 15 is 0 Å². The normalized spacial score (nSPS) is 12.0. The average molecular weight is 282 g/mol. The van der Waals surface area contributed by atoms with Crippen LogP contribution in [0.2, 0.25) is 0 Å². The van der Waals surface area contributed by atoms with Crippen molar-refractivity contribution in [3.8, 4) is 0 Å². The summed E-state index contributed by atoms with van der Waals surface area (Å²) in [5.74, 6) is -0.450. The Morgan fingerprint density at radius 1 is 1.35 bits per heavy atom. The molecule has 0 radical (unpaired) electrons. The predicted octanol–water partition coefficient (Wildman–Crippen LogP) is 1.44. The molecule has 0 fully saturated rings. The van der Waals surface area contributed by atoms with Crippen LogP contribution in [-0.4, -0.2) is 46.6 Å². The summed E-state index contributed by atoms with van der Waals surface area (Å²) in [6, 6.07) is 3.55. The Bertz CT molecular complexity index is 463. The van der Waals surface area contributed by atoms with Crippen molar-refractivity contribution in [1.29, 1.82) is 0 Å². The SMILES string of the molecule is COCC(CNc1cc(C)c(N)c(C(=O)OC)c1)OC. The van der Waals surface area contributed by atoms with E-state index in [1.807, 2.05) is 13.0 Å². The molecule has 0 aliphatic carbocycles. The lowest BCUT2D eigenvalue weighted by Crippen LogP contribution is -2.26. The number of nitrogens with two attached hydrogens (primary N) is 1. The molecule has 0 heterocycles. The third-order valence-electron chi connectivity index (χ3n) is 3.01. The van der Waals surface area contributed by atoms with E-state index in [-0.39, 0.29) is 6.10 Å². The van der Waals surface area contributed by atoms with Gasteiger partial charge >= 0.3 is 5.97 Å². The van der Waals surface area contributed by atoms with Crippen molar-refractivity contribution in [1.82, 2.24) is 0 Å². The maximum Gasteiger partial charge on any atom is 0.340 e. The van der Waals surface area contributed by atoms with E-state index < -0.39 is 5.97 Å². The Kier molecular flexibility index (Phi) is 6.27. The second kappa shape index (κ2) is 7.72. The number of benzene rings is 1. The quantitative estimate of drug-likeness (QED) is 0.581. The first-order valence-corrected chi connectivity index (χ1v) is 6.27. The van der Waals surface area contributed by atoms with Crippen LogP contribution in [0.25, 0.3) is 0 Å². The van der Waals surface area contributed by atoms with E-state index in [4.69, 9.17) is 19.9 Å². The van der Waals surface area contributed by atoms with E-state index in [0.29, 0.717) is 24.4 Å². The van der Waals surface area contributed by atoms with Crippen LogP contribution in [-0.2, 0) is 14.2 Å². The fourth-order valence-electron chi connectivity index (χ4n) is 1.81. The van der Waals surface area contributed by atoms with Crippen molar-refractivity contribution in [3.63, 3.8) is 0 Å². The Labute approximate surface area is 119 Å². The first kappa shape index (κ1) is 16.3. The first-order valence-electron chi connectivity index (χ1n) is 6.27. The van der Waals surface area contributed by atoms with Gasteiger partial charge in [-0.15, -0.1) is 0 Å². The lowest BCUT2D eigenvalue weighted by atomic mass is 10.1. The van der Waals surface area contributed by atoms with E-state index in [1.54, 1.807) is 20.3 Å². The summed E-state index contributed by atoms with van der Waals surface area (Å²) in [6.07, 6.45) is -0.0700. The Morgan fingerprint density at radius 2 is 2.05 bits per heavy atom. The fraction of sp³-hybridized carbons (Fsp3) is 0.500. The van der Waals surface area contributed by atoms with Crippen molar-refractivity contribution in [2.24, 2.45) is 0 Å². The van der Waals surface area contributed by atoms with Gasteiger partial charge in [-0.2, -0.15) is 0 Å². The van der Waals surface area contributed by atoms with Gasteiger partial charge in [-0.05, 0) is 24.6 Å². The molecule has 0 aliphatic heterocycles. The molecule has 20 heavy (non-hydrogen) atoms. The van der Waals surface area contributed by atoms with Crippen LogP contribution in [0.1, 0.15) is 15.9 Å².